The van der Waals surface area contributed by atoms with Gasteiger partial charge in [0.2, 0.25) is 0 Å². The van der Waals surface area contributed by atoms with E-state index >= 15 is 0 Å². The summed E-state index contributed by atoms with van der Waals surface area (Å²) in [6.07, 6.45) is 1.76. The van der Waals surface area contributed by atoms with E-state index in [0.717, 1.165) is 19.4 Å². The second-order valence-electron chi connectivity index (χ2n) is 4.94. The number of carbonyl (C=O) groups excluding carboxylic acids is 1. The van der Waals surface area contributed by atoms with Crippen LogP contribution in [0.3, 0.4) is 0 Å². The molecular formula is C14H16ClNO3. The van der Waals surface area contributed by atoms with Crippen LogP contribution in [0.4, 0.5) is 0 Å². The van der Waals surface area contributed by atoms with Gasteiger partial charge in [0.1, 0.15) is 0 Å². The summed E-state index contributed by atoms with van der Waals surface area (Å²) < 4.78 is 11.4. The van der Waals surface area contributed by atoms with Crippen molar-refractivity contribution in [2.75, 3.05) is 26.3 Å². The fourth-order valence-electron chi connectivity index (χ4n) is 2.67. The third kappa shape index (κ3) is 2.61. The van der Waals surface area contributed by atoms with Crippen molar-refractivity contribution in [3.05, 3.63) is 34.9 Å². The maximum absolute atomic E-state index is 12.4. The molecule has 2 fully saturated rings. The van der Waals surface area contributed by atoms with Crippen molar-refractivity contribution >= 4 is 17.5 Å². The van der Waals surface area contributed by atoms with Gasteiger partial charge >= 0.3 is 0 Å². The number of amides is 1. The number of hydrogen-bond donors (Lipinski definition) is 0. The van der Waals surface area contributed by atoms with Gasteiger partial charge in [-0.25, -0.2) is 0 Å². The van der Waals surface area contributed by atoms with E-state index in [0.29, 0.717) is 30.3 Å². The predicted octanol–water partition coefficient (Wildman–Crippen LogP) is 2.32. The Labute approximate surface area is 117 Å². The van der Waals surface area contributed by atoms with Gasteiger partial charge < -0.3 is 14.4 Å². The molecule has 0 unspecified atom stereocenters. The van der Waals surface area contributed by atoms with Gasteiger partial charge in [-0.2, -0.15) is 0 Å². The van der Waals surface area contributed by atoms with Crippen molar-refractivity contribution < 1.29 is 14.3 Å². The first-order chi connectivity index (χ1) is 9.19. The SMILES string of the molecule is O=C(c1ccc(Cl)cc1)N1CCCC2(C1)OCCO2. The molecule has 0 radical (unpaired) electrons. The summed E-state index contributed by atoms with van der Waals surface area (Å²) in [5.41, 5.74) is 0.652. The molecule has 1 amide bonds. The Morgan fingerprint density at radius 1 is 1.21 bits per heavy atom. The fraction of sp³-hybridized carbons (Fsp3) is 0.500. The molecule has 0 aromatic heterocycles. The maximum Gasteiger partial charge on any atom is 0.254 e. The van der Waals surface area contributed by atoms with Crippen LogP contribution in [0.15, 0.2) is 24.3 Å². The molecule has 2 aliphatic heterocycles. The molecule has 0 bridgehead atoms. The van der Waals surface area contributed by atoms with Gasteiger partial charge in [0.25, 0.3) is 5.91 Å². The molecule has 0 saturated carbocycles. The normalized spacial score (nSPS) is 21.8. The first kappa shape index (κ1) is 12.9. The Morgan fingerprint density at radius 3 is 2.58 bits per heavy atom. The van der Waals surface area contributed by atoms with Gasteiger partial charge in [-0.1, -0.05) is 11.6 Å². The molecule has 1 spiro atoms. The molecule has 0 N–H and O–H groups in total. The molecule has 5 heteroatoms. The van der Waals surface area contributed by atoms with Crippen molar-refractivity contribution in [1.82, 2.24) is 4.90 Å². The highest BCUT2D eigenvalue weighted by atomic mass is 35.5. The minimum absolute atomic E-state index is 0.00911. The molecule has 2 saturated heterocycles. The zero-order chi connectivity index (χ0) is 13.3. The smallest absolute Gasteiger partial charge is 0.254 e. The number of likely N-dealkylation sites (tertiary alicyclic amines) is 1. The molecule has 4 nitrogen and oxygen atoms in total. The van der Waals surface area contributed by atoms with E-state index in [-0.39, 0.29) is 5.91 Å². The van der Waals surface area contributed by atoms with Crippen LogP contribution in [0.1, 0.15) is 23.2 Å². The lowest BCUT2D eigenvalue weighted by Crippen LogP contribution is -2.51. The Bertz CT molecular complexity index is 468. The monoisotopic (exact) mass is 281 g/mol. The lowest BCUT2D eigenvalue weighted by atomic mass is 10.0. The van der Waals surface area contributed by atoms with Gasteiger partial charge in [0, 0.05) is 23.6 Å². The maximum atomic E-state index is 12.4. The highest BCUT2D eigenvalue weighted by molar-refractivity contribution is 6.30. The quantitative estimate of drug-likeness (QED) is 0.793. The summed E-state index contributed by atoms with van der Waals surface area (Å²) in [6.45, 7) is 2.48. The second kappa shape index (κ2) is 5.12. The Hall–Kier alpha value is -1.10. The lowest BCUT2D eigenvalue weighted by molar-refractivity contribution is -0.183. The summed E-state index contributed by atoms with van der Waals surface area (Å²) in [4.78, 5) is 14.2. The predicted molar refractivity (Wildman–Crippen MR) is 71.2 cm³/mol. The minimum Gasteiger partial charge on any atom is -0.346 e. The van der Waals surface area contributed by atoms with Gasteiger partial charge in [-0.3, -0.25) is 4.79 Å². The minimum atomic E-state index is -0.569. The molecule has 1 aromatic carbocycles. The first-order valence-corrected chi connectivity index (χ1v) is 6.89. The number of ether oxygens (including phenoxy) is 2. The van der Waals surface area contributed by atoms with E-state index in [4.69, 9.17) is 21.1 Å². The number of hydrogen-bond acceptors (Lipinski definition) is 3. The number of piperidine rings is 1. The Morgan fingerprint density at radius 2 is 1.89 bits per heavy atom. The van der Waals surface area contributed by atoms with Crippen LogP contribution in [0.25, 0.3) is 0 Å². The average molecular weight is 282 g/mol. The summed E-state index contributed by atoms with van der Waals surface area (Å²) in [6, 6.07) is 6.97. The van der Waals surface area contributed by atoms with Crippen LogP contribution in [0, 0.1) is 0 Å². The molecule has 0 atom stereocenters. The number of nitrogens with zero attached hydrogens (tertiary/aromatic N) is 1. The van der Waals surface area contributed by atoms with Crippen molar-refractivity contribution in [1.29, 1.82) is 0 Å². The molecule has 0 aliphatic carbocycles. The van der Waals surface area contributed by atoms with E-state index in [9.17, 15) is 4.79 Å². The van der Waals surface area contributed by atoms with E-state index in [1.54, 1.807) is 29.2 Å². The largest absolute Gasteiger partial charge is 0.346 e. The molecule has 1 aromatic rings. The number of halogens is 1. The number of carbonyl (C=O) groups is 1. The highest BCUT2D eigenvalue weighted by Crippen LogP contribution is 2.30. The number of rotatable bonds is 1. The summed E-state index contributed by atoms with van der Waals surface area (Å²) >= 11 is 5.84. The van der Waals surface area contributed by atoms with Crippen molar-refractivity contribution in [2.45, 2.75) is 18.6 Å². The van der Waals surface area contributed by atoms with E-state index in [1.165, 1.54) is 0 Å². The Kier molecular flexibility index (Phi) is 3.48. The molecular weight excluding hydrogens is 266 g/mol. The summed E-state index contributed by atoms with van der Waals surface area (Å²) in [5, 5.41) is 0.633. The van der Waals surface area contributed by atoms with E-state index < -0.39 is 5.79 Å². The average Bonchev–Trinajstić information content (AvgIpc) is 2.87. The van der Waals surface area contributed by atoms with Gasteiger partial charge in [-0.15, -0.1) is 0 Å². The van der Waals surface area contributed by atoms with Crippen molar-refractivity contribution in [3.8, 4) is 0 Å². The third-order valence-electron chi connectivity index (χ3n) is 3.61. The second-order valence-corrected chi connectivity index (χ2v) is 5.38. The lowest BCUT2D eigenvalue weighted by Gasteiger charge is -2.38. The van der Waals surface area contributed by atoms with Crippen LogP contribution in [0.2, 0.25) is 5.02 Å². The molecule has 19 heavy (non-hydrogen) atoms. The fourth-order valence-corrected chi connectivity index (χ4v) is 2.80. The standard InChI is InChI=1S/C14H16ClNO3/c15-12-4-2-11(3-5-12)13(17)16-7-1-6-14(10-16)18-8-9-19-14/h2-5H,1,6-10H2. The molecule has 3 rings (SSSR count). The zero-order valence-corrected chi connectivity index (χ0v) is 11.4. The van der Waals surface area contributed by atoms with Crippen LogP contribution >= 0.6 is 11.6 Å². The van der Waals surface area contributed by atoms with Crippen molar-refractivity contribution in [3.63, 3.8) is 0 Å². The Balaban J connectivity index is 1.74. The summed E-state index contributed by atoms with van der Waals surface area (Å²) in [5.74, 6) is -0.560. The van der Waals surface area contributed by atoms with Gasteiger partial charge in [0.05, 0.1) is 19.8 Å². The molecule has 2 heterocycles. The summed E-state index contributed by atoms with van der Waals surface area (Å²) in [7, 11) is 0. The van der Waals surface area contributed by atoms with Crippen LogP contribution in [0.5, 0.6) is 0 Å². The highest BCUT2D eigenvalue weighted by Gasteiger charge is 2.42. The van der Waals surface area contributed by atoms with Gasteiger partial charge in [-0.05, 0) is 30.7 Å². The third-order valence-corrected chi connectivity index (χ3v) is 3.86. The van der Waals surface area contributed by atoms with Crippen LogP contribution in [-0.2, 0) is 9.47 Å². The first-order valence-electron chi connectivity index (χ1n) is 6.51. The molecule has 2 aliphatic rings. The molecule has 102 valence electrons. The zero-order valence-electron chi connectivity index (χ0n) is 10.6. The topological polar surface area (TPSA) is 38.8 Å². The van der Waals surface area contributed by atoms with E-state index in [1.807, 2.05) is 0 Å². The van der Waals surface area contributed by atoms with Gasteiger partial charge in [0.15, 0.2) is 5.79 Å². The van der Waals surface area contributed by atoms with Crippen LogP contribution < -0.4 is 0 Å². The van der Waals surface area contributed by atoms with E-state index in [2.05, 4.69) is 0 Å². The number of benzene rings is 1. The van der Waals surface area contributed by atoms with Crippen molar-refractivity contribution in [2.24, 2.45) is 0 Å². The van der Waals surface area contributed by atoms with Crippen LogP contribution in [-0.4, -0.2) is 42.9 Å².